The van der Waals surface area contributed by atoms with Crippen LogP contribution in [0.3, 0.4) is 0 Å². The van der Waals surface area contributed by atoms with E-state index in [4.69, 9.17) is 0 Å². The molecular weight excluding hydrogens is 737 g/mol. The van der Waals surface area contributed by atoms with Crippen LogP contribution in [0.1, 0.15) is 25.0 Å². The molecule has 0 N–H and O–H groups in total. The van der Waals surface area contributed by atoms with Gasteiger partial charge in [0.25, 0.3) is 0 Å². The summed E-state index contributed by atoms with van der Waals surface area (Å²) in [5.74, 6) is 0. The molecule has 10 aromatic carbocycles. The molecule has 0 fully saturated rings. The van der Waals surface area contributed by atoms with Gasteiger partial charge in [-0.05, 0) is 121 Å². The molecule has 1 aromatic heterocycles. The highest BCUT2D eigenvalue weighted by atomic mass is 15.1. The zero-order chi connectivity index (χ0) is 40.7. The second-order valence-corrected chi connectivity index (χ2v) is 16.9. The van der Waals surface area contributed by atoms with Gasteiger partial charge in [0.1, 0.15) is 0 Å². The molecular formula is C59H42N2. The lowest BCUT2D eigenvalue weighted by atomic mass is 9.82. The third kappa shape index (κ3) is 5.56. The first kappa shape index (κ1) is 35.3. The molecule has 0 atom stereocenters. The van der Waals surface area contributed by atoms with E-state index in [1.807, 2.05) is 0 Å². The van der Waals surface area contributed by atoms with E-state index in [0.29, 0.717) is 0 Å². The van der Waals surface area contributed by atoms with Crippen LogP contribution < -0.4 is 4.90 Å². The molecule has 2 nitrogen and oxygen atoms in total. The van der Waals surface area contributed by atoms with Crippen LogP contribution in [0, 0.1) is 0 Å². The molecule has 61 heavy (non-hydrogen) atoms. The monoisotopic (exact) mass is 778 g/mol. The quantitative estimate of drug-likeness (QED) is 0.153. The van der Waals surface area contributed by atoms with Crippen molar-refractivity contribution in [2.24, 2.45) is 0 Å². The van der Waals surface area contributed by atoms with Crippen LogP contribution in [0.25, 0.3) is 82.4 Å². The van der Waals surface area contributed by atoms with Gasteiger partial charge in [-0.1, -0.05) is 172 Å². The van der Waals surface area contributed by atoms with Crippen molar-refractivity contribution in [1.29, 1.82) is 0 Å². The minimum Gasteiger partial charge on any atom is -0.310 e. The van der Waals surface area contributed by atoms with E-state index in [2.05, 4.69) is 242 Å². The Morgan fingerprint density at radius 2 is 0.984 bits per heavy atom. The molecule has 1 aliphatic carbocycles. The Hall–Kier alpha value is -7.68. The van der Waals surface area contributed by atoms with Crippen LogP contribution in [0.4, 0.5) is 17.1 Å². The molecule has 0 bridgehead atoms. The fourth-order valence-corrected chi connectivity index (χ4v) is 10.2. The molecule has 0 amide bonds. The van der Waals surface area contributed by atoms with Crippen molar-refractivity contribution < 1.29 is 0 Å². The number of benzene rings is 10. The lowest BCUT2D eigenvalue weighted by Gasteiger charge is -2.29. The molecule has 2 heteroatoms. The van der Waals surface area contributed by atoms with Crippen LogP contribution in [0.5, 0.6) is 0 Å². The van der Waals surface area contributed by atoms with Gasteiger partial charge in [0.15, 0.2) is 0 Å². The molecule has 11 aromatic rings. The fourth-order valence-electron chi connectivity index (χ4n) is 10.2. The molecule has 1 heterocycles. The summed E-state index contributed by atoms with van der Waals surface area (Å²) in [5.41, 5.74) is 17.1. The Balaban J connectivity index is 0.935. The third-order valence-corrected chi connectivity index (χ3v) is 13.2. The first-order chi connectivity index (χ1) is 30.0. The van der Waals surface area contributed by atoms with E-state index < -0.39 is 0 Å². The summed E-state index contributed by atoms with van der Waals surface area (Å²) in [5, 5.41) is 7.57. The van der Waals surface area contributed by atoms with Gasteiger partial charge in [0.05, 0.1) is 16.7 Å². The molecule has 0 spiro atoms. The van der Waals surface area contributed by atoms with Gasteiger partial charge < -0.3 is 9.47 Å². The van der Waals surface area contributed by atoms with Crippen molar-refractivity contribution in [2.75, 3.05) is 4.90 Å². The SMILES string of the molecule is CC1(C)c2ccccc2-c2ccc(N(c3ccccc3)c3ccccc3-c3ccc(-c4ccc5c(c4)c4ccccc4n5-c4ccc5ccc6ccccc6c5c4)cc3)cc21. The van der Waals surface area contributed by atoms with Crippen molar-refractivity contribution in [1.82, 2.24) is 4.57 Å². The topological polar surface area (TPSA) is 8.17 Å². The van der Waals surface area contributed by atoms with Crippen molar-refractivity contribution >= 4 is 60.4 Å². The molecule has 0 aliphatic heterocycles. The highest BCUT2D eigenvalue weighted by Crippen LogP contribution is 2.51. The molecule has 0 radical (unpaired) electrons. The Kier molecular flexibility index (Phi) is 7.92. The summed E-state index contributed by atoms with van der Waals surface area (Å²) in [4.78, 5) is 2.42. The summed E-state index contributed by atoms with van der Waals surface area (Å²) >= 11 is 0. The van der Waals surface area contributed by atoms with E-state index >= 15 is 0 Å². The lowest BCUT2D eigenvalue weighted by Crippen LogP contribution is -2.16. The zero-order valence-electron chi connectivity index (χ0n) is 34.2. The van der Waals surface area contributed by atoms with Crippen LogP contribution in [0.15, 0.2) is 218 Å². The summed E-state index contributed by atoms with van der Waals surface area (Å²) in [6.07, 6.45) is 0. The van der Waals surface area contributed by atoms with E-state index in [9.17, 15) is 0 Å². The number of anilines is 3. The summed E-state index contributed by atoms with van der Waals surface area (Å²) in [6, 6.07) is 80.4. The average Bonchev–Trinajstić information content (AvgIpc) is 3.77. The van der Waals surface area contributed by atoms with E-state index in [-0.39, 0.29) is 5.41 Å². The Labute approximate surface area is 356 Å². The maximum atomic E-state index is 2.43. The van der Waals surface area contributed by atoms with Crippen LogP contribution in [-0.2, 0) is 5.41 Å². The van der Waals surface area contributed by atoms with Gasteiger partial charge in [-0.15, -0.1) is 0 Å². The van der Waals surface area contributed by atoms with E-state index in [1.165, 1.54) is 93.5 Å². The fraction of sp³-hybridized carbons (Fsp3) is 0.0508. The molecule has 12 rings (SSSR count). The van der Waals surface area contributed by atoms with Gasteiger partial charge in [0, 0.05) is 38.8 Å². The van der Waals surface area contributed by atoms with Gasteiger partial charge in [-0.3, -0.25) is 0 Å². The summed E-state index contributed by atoms with van der Waals surface area (Å²) in [6.45, 7) is 4.71. The molecule has 288 valence electrons. The van der Waals surface area contributed by atoms with Crippen molar-refractivity contribution in [3.05, 3.63) is 230 Å². The number of fused-ring (bicyclic) bond motifs is 9. The highest BCUT2D eigenvalue weighted by molar-refractivity contribution is 6.12. The maximum Gasteiger partial charge on any atom is 0.0541 e. The first-order valence-electron chi connectivity index (χ1n) is 21.3. The number of para-hydroxylation sites is 3. The van der Waals surface area contributed by atoms with Crippen LogP contribution >= 0.6 is 0 Å². The largest absolute Gasteiger partial charge is 0.310 e. The van der Waals surface area contributed by atoms with Crippen molar-refractivity contribution in [3.8, 4) is 39.1 Å². The second kappa shape index (κ2) is 13.7. The molecule has 0 unspecified atom stereocenters. The smallest absolute Gasteiger partial charge is 0.0541 e. The van der Waals surface area contributed by atoms with Crippen LogP contribution in [-0.4, -0.2) is 4.57 Å². The van der Waals surface area contributed by atoms with Crippen LogP contribution in [0.2, 0.25) is 0 Å². The summed E-state index contributed by atoms with van der Waals surface area (Å²) in [7, 11) is 0. The standard InChI is InChI=1S/C59H42N2/c1-59(2)54-21-11-8-19-49(54)50-34-33-46(38-55(50)59)60(44-15-4-3-5-16-44)56-22-12-9-18-48(56)41-26-24-39(25-27-41)43-31-35-58-53(36-43)51-20-10-13-23-57(51)61(58)45-32-30-42-29-28-40-14-6-7-17-47(40)52(42)37-45/h3-38H,1-2H3. The number of hydrogen-bond donors (Lipinski definition) is 0. The first-order valence-corrected chi connectivity index (χ1v) is 21.3. The van der Waals surface area contributed by atoms with Gasteiger partial charge in [0.2, 0.25) is 0 Å². The number of nitrogens with zero attached hydrogens (tertiary/aromatic N) is 2. The predicted octanol–water partition coefficient (Wildman–Crippen LogP) is 16.2. The normalized spacial score (nSPS) is 12.9. The summed E-state index contributed by atoms with van der Waals surface area (Å²) < 4.78 is 2.43. The Morgan fingerprint density at radius 3 is 1.84 bits per heavy atom. The Morgan fingerprint density at radius 1 is 0.361 bits per heavy atom. The van der Waals surface area contributed by atoms with E-state index in [0.717, 1.165) is 17.1 Å². The minimum absolute atomic E-state index is 0.0939. The van der Waals surface area contributed by atoms with Crippen molar-refractivity contribution in [3.63, 3.8) is 0 Å². The number of rotatable bonds is 6. The van der Waals surface area contributed by atoms with Gasteiger partial charge >= 0.3 is 0 Å². The minimum atomic E-state index is -0.0939. The average molecular weight is 779 g/mol. The van der Waals surface area contributed by atoms with E-state index in [1.54, 1.807) is 0 Å². The van der Waals surface area contributed by atoms with Gasteiger partial charge in [-0.2, -0.15) is 0 Å². The zero-order valence-corrected chi connectivity index (χ0v) is 34.2. The van der Waals surface area contributed by atoms with Crippen molar-refractivity contribution in [2.45, 2.75) is 19.3 Å². The molecule has 0 saturated heterocycles. The number of aromatic nitrogens is 1. The third-order valence-electron chi connectivity index (χ3n) is 13.2. The maximum absolute atomic E-state index is 2.43. The predicted molar refractivity (Wildman–Crippen MR) is 259 cm³/mol. The lowest BCUT2D eigenvalue weighted by molar-refractivity contribution is 0.660. The second-order valence-electron chi connectivity index (χ2n) is 16.9. The molecule has 0 saturated carbocycles. The Bertz CT molecular complexity index is 3500. The van der Waals surface area contributed by atoms with Gasteiger partial charge in [-0.25, -0.2) is 0 Å². The highest BCUT2D eigenvalue weighted by Gasteiger charge is 2.36. The molecule has 1 aliphatic rings. The number of hydrogen-bond acceptors (Lipinski definition) is 1.